The van der Waals surface area contributed by atoms with E-state index in [4.69, 9.17) is 5.11 Å². The fourth-order valence-electron chi connectivity index (χ4n) is 2.89. The van der Waals surface area contributed by atoms with Gasteiger partial charge in [-0.15, -0.1) is 11.3 Å². The van der Waals surface area contributed by atoms with Crippen molar-refractivity contribution in [3.05, 3.63) is 41.2 Å². The molecule has 0 atom stereocenters. The molecular formula is C17H17FN2O3S. The van der Waals surface area contributed by atoms with Crippen LogP contribution in [-0.4, -0.2) is 27.5 Å². The Hall–Kier alpha value is -2.28. The summed E-state index contributed by atoms with van der Waals surface area (Å²) < 4.78 is 13.3. The molecular weight excluding hydrogens is 331 g/mol. The first-order chi connectivity index (χ1) is 11.5. The summed E-state index contributed by atoms with van der Waals surface area (Å²) in [4.78, 5) is 27.5. The van der Waals surface area contributed by atoms with Crippen LogP contribution >= 0.6 is 11.3 Å². The number of thiazole rings is 1. The van der Waals surface area contributed by atoms with Crippen LogP contribution in [-0.2, 0) is 16.0 Å². The molecule has 1 amide bonds. The maximum Gasteiger partial charge on any atom is 0.305 e. The highest BCUT2D eigenvalue weighted by Gasteiger charge is 2.40. The SMILES string of the molecule is O=C(O)CC1(NC(=O)Cc2csc(-c3cccc(F)c3)n2)CCC1. The molecule has 24 heavy (non-hydrogen) atoms. The molecule has 1 aliphatic carbocycles. The fraction of sp³-hybridized carbons (Fsp3) is 0.353. The molecule has 0 saturated heterocycles. The lowest BCUT2D eigenvalue weighted by Gasteiger charge is -2.41. The van der Waals surface area contributed by atoms with Gasteiger partial charge in [-0.25, -0.2) is 9.37 Å². The monoisotopic (exact) mass is 348 g/mol. The minimum Gasteiger partial charge on any atom is -0.481 e. The van der Waals surface area contributed by atoms with E-state index in [0.29, 0.717) is 29.1 Å². The molecule has 5 nitrogen and oxygen atoms in total. The number of carboxylic acid groups (broad SMARTS) is 1. The molecule has 1 fully saturated rings. The van der Waals surface area contributed by atoms with Gasteiger partial charge in [0.05, 0.1) is 24.1 Å². The number of nitrogens with one attached hydrogen (secondary N) is 1. The van der Waals surface area contributed by atoms with Crippen LogP contribution in [0.15, 0.2) is 29.6 Å². The van der Waals surface area contributed by atoms with Crippen molar-refractivity contribution in [2.75, 3.05) is 0 Å². The predicted molar refractivity (Wildman–Crippen MR) is 88.2 cm³/mol. The van der Waals surface area contributed by atoms with E-state index in [-0.39, 0.29) is 24.6 Å². The number of halogens is 1. The van der Waals surface area contributed by atoms with Gasteiger partial charge in [0, 0.05) is 10.9 Å². The van der Waals surface area contributed by atoms with Crippen LogP contribution < -0.4 is 5.32 Å². The number of aromatic nitrogens is 1. The molecule has 2 aromatic rings. The van der Waals surface area contributed by atoms with Gasteiger partial charge in [-0.3, -0.25) is 9.59 Å². The number of carboxylic acids is 1. The third-order valence-corrected chi connectivity index (χ3v) is 5.11. The number of rotatable bonds is 6. The average molecular weight is 348 g/mol. The standard InChI is InChI=1S/C17H17FN2O3S/c18-12-4-1-3-11(7-12)16-19-13(10-24-16)8-14(21)20-17(5-2-6-17)9-15(22)23/h1,3-4,7,10H,2,5-6,8-9H2,(H,20,21)(H,22,23). The topological polar surface area (TPSA) is 79.3 Å². The molecule has 0 aliphatic heterocycles. The van der Waals surface area contributed by atoms with Crippen molar-refractivity contribution in [2.24, 2.45) is 0 Å². The zero-order chi connectivity index (χ0) is 17.2. The first-order valence-electron chi connectivity index (χ1n) is 7.69. The van der Waals surface area contributed by atoms with Crippen LogP contribution in [0, 0.1) is 5.82 Å². The second-order valence-electron chi connectivity index (χ2n) is 6.08. The van der Waals surface area contributed by atoms with Gasteiger partial charge in [0.1, 0.15) is 10.8 Å². The van der Waals surface area contributed by atoms with Gasteiger partial charge in [-0.2, -0.15) is 0 Å². The lowest BCUT2D eigenvalue weighted by atomic mass is 9.74. The first kappa shape index (κ1) is 16.6. The van der Waals surface area contributed by atoms with E-state index in [1.54, 1.807) is 17.5 Å². The number of aliphatic carboxylic acids is 1. The van der Waals surface area contributed by atoms with E-state index in [0.717, 1.165) is 6.42 Å². The van der Waals surface area contributed by atoms with Crippen LogP contribution in [0.4, 0.5) is 4.39 Å². The van der Waals surface area contributed by atoms with Crippen molar-refractivity contribution in [3.63, 3.8) is 0 Å². The van der Waals surface area contributed by atoms with E-state index < -0.39 is 11.5 Å². The van der Waals surface area contributed by atoms with E-state index in [9.17, 15) is 14.0 Å². The number of hydrogen-bond acceptors (Lipinski definition) is 4. The van der Waals surface area contributed by atoms with Crippen molar-refractivity contribution < 1.29 is 19.1 Å². The lowest BCUT2D eigenvalue weighted by Crippen LogP contribution is -2.55. The maximum absolute atomic E-state index is 13.3. The number of amides is 1. The van der Waals surface area contributed by atoms with E-state index in [1.165, 1.54) is 23.5 Å². The third-order valence-electron chi connectivity index (χ3n) is 4.17. The lowest BCUT2D eigenvalue weighted by molar-refractivity contribution is -0.140. The predicted octanol–water partition coefficient (Wildman–Crippen LogP) is 3.01. The number of hydrogen-bond donors (Lipinski definition) is 2. The average Bonchev–Trinajstić information content (AvgIpc) is 2.93. The van der Waals surface area contributed by atoms with Crippen molar-refractivity contribution in [1.82, 2.24) is 10.3 Å². The van der Waals surface area contributed by atoms with Crippen molar-refractivity contribution in [2.45, 2.75) is 37.6 Å². The van der Waals surface area contributed by atoms with Crippen LogP contribution in [0.5, 0.6) is 0 Å². The Bertz CT molecular complexity index is 771. The zero-order valence-corrected chi connectivity index (χ0v) is 13.7. The molecule has 2 N–H and O–H groups in total. The van der Waals surface area contributed by atoms with Gasteiger partial charge >= 0.3 is 5.97 Å². The largest absolute Gasteiger partial charge is 0.481 e. The molecule has 1 saturated carbocycles. The van der Waals surface area contributed by atoms with Gasteiger partial charge in [0.25, 0.3) is 0 Å². The fourth-order valence-corrected chi connectivity index (χ4v) is 3.70. The molecule has 1 aromatic carbocycles. The van der Waals surface area contributed by atoms with Crippen LogP contribution in [0.2, 0.25) is 0 Å². The summed E-state index contributed by atoms with van der Waals surface area (Å²) in [7, 11) is 0. The molecule has 1 heterocycles. The highest BCUT2D eigenvalue weighted by atomic mass is 32.1. The summed E-state index contributed by atoms with van der Waals surface area (Å²) in [6.07, 6.45) is 2.35. The molecule has 126 valence electrons. The molecule has 1 aliphatic rings. The molecule has 0 bridgehead atoms. The maximum atomic E-state index is 13.3. The third kappa shape index (κ3) is 3.79. The first-order valence-corrected chi connectivity index (χ1v) is 8.57. The Kier molecular flexibility index (Phi) is 4.62. The van der Waals surface area contributed by atoms with Gasteiger partial charge in [0.2, 0.25) is 5.91 Å². The molecule has 0 radical (unpaired) electrons. The Balaban J connectivity index is 1.64. The van der Waals surface area contributed by atoms with Gasteiger partial charge in [-0.05, 0) is 31.4 Å². The molecule has 0 spiro atoms. The number of nitrogens with zero attached hydrogens (tertiary/aromatic N) is 1. The summed E-state index contributed by atoms with van der Waals surface area (Å²) in [6.45, 7) is 0. The van der Waals surface area contributed by atoms with Crippen molar-refractivity contribution >= 4 is 23.2 Å². The molecule has 1 aromatic heterocycles. The number of carbonyl (C=O) groups is 2. The number of carbonyl (C=O) groups excluding carboxylic acids is 1. The highest BCUT2D eigenvalue weighted by molar-refractivity contribution is 7.13. The van der Waals surface area contributed by atoms with Crippen LogP contribution in [0.1, 0.15) is 31.4 Å². The van der Waals surface area contributed by atoms with E-state index in [2.05, 4.69) is 10.3 Å². The van der Waals surface area contributed by atoms with E-state index >= 15 is 0 Å². The van der Waals surface area contributed by atoms with Crippen LogP contribution in [0.25, 0.3) is 10.6 Å². The normalized spacial score (nSPS) is 15.5. The molecule has 0 unspecified atom stereocenters. The highest BCUT2D eigenvalue weighted by Crippen LogP contribution is 2.35. The van der Waals surface area contributed by atoms with E-state index in [1.807, 2.05) is 0 Å². The zero-order valence-electron chi connectivity index (χ0n) is 12.9. The van der Waals surface area contributed by atoms with Crippen LogP contribution in [0.3, 0.4) is 0 Å². The minimum atomic E-state index is -0.906. The van der Waals surface area contributed by atoms with Gasteiger partial charge in [-0.1, -0.05) is 12.1 Å². The summed E-state index contributed by atoms with van der Waals surface area (Å²) in [5.74, 6) is -1.47. The summed E-state index contributed by atoms with van der Waals surface area (Å²) in [6, 6.07) is 6.15. The number of benzene rings is 1. The Labute approximate surface area is 142 Å². The van der Waals surface area contributed by atoms with Crippen molar-refractivity contribution in [1.29, 1.82) is 0 Å². The quantitative estimate of drug-likeness (QED) is 0.841. The molecule has 7 heteroatoms. The Morgan fingerprint density at radius 2 is 2.17 bits per heavy atom. The second kappa shape index (κ2) is 6.68. The minimum absolute atomic E-state index is 0.0512. The summed E-state index contributed by atoms with van der Waals surface area (Å²) >= 11 is 1.35. The van der Waals surface area contributed by atoms with Gasteiger partial charge < -0.3 is 10.4 Å². The Morgan fingerprint density at radius 3 is 2.79 bits per heavy atom. The van der Waals surface area contributed by atoms with Gasteiger partial charge in [0.15, 0.2) is 0 Å². The summed E-state index contributed by atoms with van der Waals surface area (Å²) in [5.41, 5.74) is 0.666. The Morgan fingerprint density at radius 1 is 1.38 bits per heavy atom. The summed E-state index contributed by atoms with van der Waals surface area (Å²) in [5, 5.41) is 14.3. The second-order valence-corrected chi connectivity index (χ2v) is 6.94. The molecule has 3 rings (SSSR count). The van der Waals surface area contributed by atoms with Crippen molar-refractivity contribution in [3.8, 4) is 10.6 Å². The smallest absolute Gasteiger partial charge is 0.305 e.